The molecule has 0 rings (SSSR count). The van der Waals surface area contributed by atoms with Gasteiger partial charge in [-0.1, -0.05) is 40.5 Å². The van der Waals surface area contributed by atoms with E-state index in [9.17, 15) is 0 Å². The monoisotopic (exact) mass is 228 g/mol. The number of likely N-dealkylation sites (N-methyl/N-ethyl adjacent to an activating group) is 1. The van der Waals surface area contributed by atoms with Crippen LogP contribution in [0.3, 0.4) is 0 Å². The Morgan fingerprint density at radius 1 is 0.938 bits per heavy atom. The molecule has 0 aliphatic carbocycles. The summed E-state index contributed by atoms with van der Waals surface area (Å²) < 4.78 is 0. The average molecular weight is 228 g/mol. The molecule has 0 aromatic carbocycles. The lowest BCUT2D eigenvalue weighted by Gasteiger charge is -2.27. The van der Waals surface area contributed by atoms with Crippen molar-refractivity contribution in [3.63, 3.8) is 0 Å². The van der Waals surface area contributed by atoms with Crippen LogP contribution in [0.2, 0.25) is 0 Å². The van der Waals surface area contributed by atoms with Crippen LogP contribution in [-0.4, -0.2) is 36.6 Å². The van der Waals surface area contributed by atoms with Gasteiger partial charge in [-0.25, -0.2) is 0 Å². The van der Waals surface area contributed by atoms with Gasteiger partial charge in [0.1, 0.15) is 0 Å². The van der Waals surface area contributed by atoms with E-state index in [4.69, 9.17) is 0 Å². The van der Waals surface area contributed by atoms with Gasteiger partial charge in [-0.15, -0.1) is 0 Å². The molecule has 98 valence electrons. The Bertz CT molecular complexity index is 138. The summed E-state index contributed by atoms with van der Waals surface area (Å²) in [6.45, 7) is 14.9. The van der Waals surface area contributed by atoms with E-state index in [2.05, 4.69) is 44.8 Å². The topological polar surface area (TPSA) is 15.3 Å². The fourth-order valence-electron chi connectivity index (χ4n) is 2.33. The zero-order valence-electron chi connectivity index (χ0n) is 12.1. The van der Waals surface area contributed by atoms with E-state index in [1.807, 2.05) is 0 Å². The molecule has 1 atom stereocenters. The second kappa shape index (κ2) is 10.1. The first kappa shape index (κ1) is 15.9. The second-order valence-electron chi connectivity index (χ2n) is 4.83. The number of rotatable bonds is 10. The van der Waals surface area contributed by atoms with E-state index in [0.717, 1.165) is 19.1 Å². The highest BCUT2D eigenvalue weighted by Crippen LogP contribution is 2.06. The molecule has 0 fully saturated rings. The van der Waals surface area contributed by atoms with Gasteiger partial charge in [0.2, 0.25) is 0 Å². The largest absolute Gasteiger partial charge is 0.310 e. The second-order valence-corrected chi connectivity index (χ2v) is 4.83. The molecule has 0 aliphatic rings. The summed E-state index contributed by atoms with van der Waals surface area (Å²) in [5.74, 6) is 0. The Morgan fingerprint density at radius 2 is 1.44 bits per heavy atom. The van der Waals surface area contributed by atoms with E-state index >= 15 is 0 Å². The zero-order valence-corrected chi connectivity index (χ0v) is 12.1. The zero-order chi connectivity index (χ0) is 12.4. The van der Waals surface area contributed by atoms with Crippen LogP contribution in [0.1, 0.15) is 60.3 Å². The lowest BCUT2D eigenvalue weighted by atomic mass is 10.1. The fourth-order valence-corrected chi connectivity index (χ4v) is 2.33. The predicted molar refractivity (Wildman–Crippen MR) is 74.0 cm³/mol. The van der Waals surface area contributed by atoms with E-state index in [0.29, 0.717) is 6.04 Å². The van der Waals surface area contributed by atoms with Crippen LogP contribution >= 0.6 is 0 Å². The summed E-state index contributed by atoms with van der Waals surface area (Å²) >= 11 is 0. The van der Waals surface area contributed by atoms with Crippen LogP contribution in [0.15, 0.2) is 0 Å². The van der Waals surface area contributed by atoms with Crippen molar-refractivity contribution in [2.75, 3.05) is 19.6 Å². The van der Waals surface area contributed by atoms with Crippen LogP contribution in [0.25, 0.3) is 0 Å². The molecule has 1 unspecified atom stereocenters. The SMILES string of the molecule is CCCC(CCC)NC(C)CN(CC)CC. The van der Waals surface area contributed by atoms with Gasteiger partial charge in [0, 0.05) is 18.6 Å². The van der Waals surface area contributed by atoms with Gasteiger partial charge in [0.05, 0.1) is 0 Å². The molecule has 0 amide bonds. The molecule has 0 saturated carbocycles. The summed E-state index contributed by atoms with van der Waals surface area (Å²) in [6, 6.07) is 1.34. The van der Waals surface area contributed by atoms with E-state index in [1.54, 1.807) is 0 Å². The Hall–Kier alpha value is -0.0800. The van der Waals surface area contributed by atoms with Crippen LogP contribution in [0.4, 0.5) is 0 Å². The Labute approximate surface area is 103 Å². The number of nitrogens with zero attached hydrogens (tertiary/aromatic N) is 1. The smallest absolute Gasteiger partial charge is 0.0169 e. The van der Waals surface area contributed by atoms with Crippen molar-refractivity contribution in [2.45, 2.75) is 72.4 Å². The van der Waals surface area contributed by atoms with E-state index in [1.165, 1.54) is 32.2 Å². The molecule has 0 aromatic heterocycles. The predicted octanol–water partition coefficient (Wildman–Crippen LogP) is 3.28. The van der Waals surface area contributed by atoms with Gasteiger partial charge >= 0.3 is 0 Å². The molecule has 0 spiro atoms. The molecule has 0 bridgehead atoms. The van der Waals surface area contributed by atoms with Crippen molar-refractivity contribution in [1.29, 1.82) is 0 Å². The third-order valence-electron chi connectivity index (χ3n) is 3.22. The molecular weight excluding hydrogens is 196 g/mol. The molecular formula is C14H32N2. The summed E-state index contributed by atoms with van der Waals surface area (Å²) in [5.41, 5.74) is 0. The quantitative estimate of drug-likeness (QED) is 0.617. The van der Waals surface area contributed by atoms with Gasteiger partial charge in [-0.3, -0.25) is 0 Å². The molecule has 2 heteroatoms. The number of nitrogens with one attached hydrogen (secondary N) is 1. The lowest BCUT2D eigenvalue weighted by Crippen LogP contribution is -2.43. The van der Waals surface area contributed by atoms with Crippen molar-refractivity contribution >= 4 is 0 Å². The fraction of sp³-hybridized carbons (Fsp3) is 1.00. The molecule has 16 heavy (non-hydrogen) atoms. The highest BCUT2D eigenvalue weighted by Gasteiger charge is 2.12. The molecule has 0 aromatic rings. The molecule has 1 N–H and O–H groups in total. The van der Waals surface area contributed by atoms with Crippen LogP contribution in [-0.2, 0) is 0 Å². The molecule has 2 nitrogen and oxygen atoms in total. The Balaban J connectivity index is 3.91. The summed E-state index contributed by atoms with van der Waals surface area (Å²) in [5, 5.41) is 3.78. The molecule has 0 heterocycles. The van der Waals surface area contributed by atoms with Gasteiger partial charge in [0.15, 0.2) is 0 Å². The summed E-state index contributed by atoms with van der Waals surface area (Å²) in [7, 11) is 0. The van der Waals surface area contributed by atoms with Crippen molar-refractivity contribution in [1.82, 2.24) is 10.2 Å². The average Bonchev–Trinajstić information content (AvgIpc) is 2.26. The first-order chi connectivity index (χ1) is 7.67. The normalized spacial score (nSPS) is 13.7. The third kappa shape index (κ3) is 7.24. The Kier molecular flexibility index (Phi) is 10.0. The highest BCUT2D eigenvalue weighted by atomic mass is 15.1. The Morgan fingerprint density at radius 3 is 1.81 bits per heavy atom. The van der Waals surface area contributed by atoms with Crippen molar-refractivity contribution < 1.29 is 0 Å². The molecule has 0 aliphatic heterocycles. The molecule has 0 saturated heterocycles. The van der Waals surface area contributed by atoms with Gasteiger partial charge < -0.3 is 10.2 Å². The standard InChI is InChI=1S/C14H32N2/c1-6-10-14(11-7-2)15-13(5)12-16(8-3)9-4/h13-15H,6-12H2,1-5H3. The van der Waals surface area contributed by atoms with Crippen LogP contribution < -0.4 is 5.32 Å². The first-order valence-electron chi connectivity index (χ1n) is 7.16. The van der Waals surface area contributed by atoms with Gasteiger partial charge in [-0.05, 0) is 32.9 Å². The minimum Gasteiger partial charge on any atom is -0.310 e. The summed E-state index contributed by atoms with van der Waals surface area (Å²) in [4.78, 5) is 2.49. The third-order valence-corrected chi connectivity index (χ3v) is 3.22. The van der Waals surface area contributed by atoms with Gasteiger partial charge in [0.25, 0.3) is 0 Å². The highest BCUT2D eigenvalue weighted by molar-refractivity contribution is 4.73. The van der Waals surface area contributed by atoms with Crippen molar-refractivity contribution in [2.24, 2.45) is 0 Å². The minimum absolute atomic E-state index is 0.614. The molecule has 0 radical (unpaired) electrons. The van der Waals surface area contributed by atoms with Crippen LogP contribution in [0, 0.1) is 0 Å². The maximum atomic E-state index is 3.78. The maximum Gasteiger partial charge on any atom is 0.0169 e. The van der Waals surface area contributed by atoms with Crippen molar-refractivity contribution in [3.8, 4) is 0 Å². The number of hydrogen-bond acceptors (Lipinski definition) is 2. The number of hydrogen-bond donors (Lipinski definition) is 1. The minimum atomic E-state index is 0.614. The van der Waals surface area contributed by atoms with Crippen molar-refractivity contribution in [3.05, 3.63) is 0 Å². The van der Waals surface area contributed by atoms with E-state index in [-0.39, 0.29) is 0 Å². The maximum absolute atomic E-state index is 3.78. The van der Waals surface area contributed by atoms with Crippen LogP contribution in [0.5, 0.6) is 0 Å². The van der Waals surface area contributed by atoms with Gasteiger partial charge in [-0.2, -0.15) is 0 Å². The first-order valence-corrected chi connectivity index (χ1v) is 7.16. The summed E-state index contributed by atoms with van der Waals surface area (Å²) in [6.07, 6.45) is 5.21. The lowest BCUT2D eigenvalue weighted by molar-refractivity contribution is 0.255. The van der Waals surface area contributed by atoms with E-state index < -0.39 is 0 Å².